The van der Waals surface area contributed by atoms with E-state index in [9.17, 15) is 9.90 Å². The molecule has 5 aliphatic rings. The van der Waals surface area contributed by atoms with Crippen molar-refractivity contribution < 1.29 is 9.90 Å². The molecule has 1 saturated heterocycles. The van der Waals surface area contributed by atoms with Crippen molar-refractivity contribution in [1.29, 1.82) is 0 Å². The molecule has 1 aromatic rings. The summed E-state index contributed by atoms with van der Waals surface area (Å²) in [5.41, 5.74) is 1.75. The van der Waals surface area contributed by atoms with Crippen LogP contribution in [0.25, 0.3) is 0 Å². The van der Waals surface area contributed by atoms with Crippen LogP contribution in [0, 0.1) is 16.7 Å². The monoisotopic (exact) mass is 396 g/mol. The molecule has 0 radical (unpaired) electrons. The van der Waals surface area contributed by atoms with E-state index in [1.54, 1.807) is 0 Å². The van der Waals surface area contributed by atoms with Crippen LogP contribution in [0.4, 0.5) is 0 Å². The van der Waals surface area contributed by atoms with Gasteiger partial charge in [-0.15, -0.1) is 0 Å². The lowest BCUT2D eigenvalue weighted by molar-refractivity contribution is -0.204. The van der Waals surface area contributed by atoms with Crippen LogP contribution in [0.5, 0.6) is 0 Å². The third-order valence-corrected chi connectivity index (χ3v) is 8.47. The molecule has 4 aliphatic carbocycles. The van der Waals surface area contributed by atoms with E-state index in [2.05, 4.69) is 41.4 Å². The maximum atomic E-state index is 13.3. The van der Waals surface area contributed by atoms with Gasteiger partial charge >= 0.3 is 0 Å². The highest BCUT2D eigenvalue weighted by Gasteiger charge is 2.64. The number of aliphatic hydroxyl groups is 1. The lowest BCUT2D eigenvalue weighted by Gasteiger charge is -2.64. The first-order chi connectivity index (χ1) is 13.9. The topological polar surface area (TPSA) is 52.6 Å². The largest absolute Gasteiger partial charge is 0.390 e. The van der Waals surface area contributed by atoms with Crippen molar-refractivity contribution in [3.63, 3.8) is 0 Å². The summed E-state index contributed by atoms with van der Waals surface area (Å²) >= 11 is 0. The average molecular weight is 397 g/mol. The Labute approximate surface area is 175 Å². The molecule has 4 nitrogen and oxygen atoms in total. The number of benzene rings is 1. The number of nitrogens with zero attached hydrogens (tertiary/aromatic N) is 1. The minimum atomic E-state index is -0.607. The molecule has 4 bridgehead atoms. The molecule has 0 aromatic heterocycles. The quantitative estimate of drug-likeness (QED) is 0.764. The third kappa shape index (κ3) is 3.63. The predicted octanol–water partition coefficient (Wildman–Crippen LogP) is 4.01. The standard InChI is InChI=1S/C25H36N2O2/c1-2-23-11-21-12-24(16-23,18-25(29,13-21)17-23)22(28)26-14-19-5-7-20(8-6-19)15-27-9-3-4-10-27/h5-8,21,29H,2-4,9-18H2,1H3,(H,26,28). The molecule has 4 unspecified atom stereocenters. The number of carbonyl (C=O) groups excluding carboxylic acids is 1. The molecule has 2 N–H and O–H groups in total. The first-order valence-corrected chi connectivity index (χ1v) is 11.7. The van der Waals surface area contributed by atoms with Crippen molar-refractivity contribution in [2.75, 3.05) is 13.1 Å². The van der Waals surface area contributed by atoms with Gasteiger partial charge in [0.2, 0.25) is 5.91 Å². The molecule has 1 amide bonds. The molecule has 1 heterocycles. The maximum absolute atomic E-state index is 13.3. The van der Waals surface area contributed by atoms with Crippen molar-refractivity contribution in [3.8, 4) is 0 Å². The van der Waals surface area contributed by atoms with Gasteiger partial charge in [-0.05, 0) is 86.9 Å². The summed E-state index contributed by atoms with van der Waals surface area (Å²) in [4.78, 5) is 15.9. The fraction of sp³-hybridized carbons (Fsp3) is 0.720. The molecule has 4 saturated carbocycles. The fourth-order valence-corrected chi connectivity index (χ4v) is 7.56. The van der Waals surface area contributed by atoms with E-state index in [0.29, 0.717) is 18.9 Å². The first-order valence-electron chi connectivity index (χ1n) is 11.7. The number of likely N-dealkylation sites (tertiary alicyclic amines) is 1. The second-order valence-corrected chi connectivity index (χ2v) is 10.8. The molecule has 0 spiro atoms. The summed E-state index contributed by atoms with van der Waals surface area (Å²) in [6.45, 7) is 6.30. The fourth-order valence-electron chi connectivity index (χ4n) is 7.56. The summed E-state index contributed by atoms with van der Waals surface area (Å²) in [5, 5.41) is 14.4. The molecular weight excluding hydrogens is 360 g/mol. The Morgan fingerprint density at radius 3 is 2.48 bits per heavy atom. The van der Waals surface area contributed by atoms with Crippen LogP contribution in [-0.4, -0.2) is 34.6 Å². The number of nitrogens with one attached hydrogen (secondary N) is 1. The van der Waals surface area contributed by atoms with Gasteiger partial charge in [-0.2, -0.15) is 0 Å². The van der Waals surface area contributed by atoms with Gasteiger partial charge in [0.25, 0.3) is 0 Å². The van der Waals surface area contributed by atoms with E-state index in [4.69, 9.17) is 0 Å². The van der Waals surface area contributed by atoms with Crippen LogP contribution in [-0.2, 0) is 17.9 Å². The van der Waals surface area contributed by atoms with Gasteiger partial charge in [-0.25, -0.2) is 0 Å². The van der Waals surface area contributed by atoms with Crippen LogP contribution in [0.1, 0.15) is 75.8 Å². The molecular formula is C25H36N2O2. The SMILES string of the molecule is CCC12CC3CC(O)(C1)CC(C(=O)NCc1ccc(CN4CCCC4)cc1)(C3)C2. The second-order valence-electron chi connectivity index (χ2n) is 10.8. The third-order valence-electron chi connectivity index (χ3n) is 8.47. The maximum Gasteiger partial charge on any atom is 0.226 e. The number of hydrogen-bond acceptors (Lipinski definition) is 3. The Bertz CT molecular complexity index is 772. The highest BCUT2D eigenvalue weighted by molar-refractivity contribution is 5.83. The zero-order chi connectivity index (χ0) is 20.1. The van der Waals surface area contributed by atoms with Crippen LogP contribution in [0.15, 0.2) is 24.3 Å². The molecule has 1 aliphatic heterocycles. The molecule has 158 valence electrons. The van der Waals surface area contributed by atoms with E-state index in [1.165, 1.54) is 37.9 Å². The predicted molar refractivity (Wildman–Crippen MR) is 114 cm³/mol. The normalized spacial score (nSPS) is 38.5. The smallest absolute Gasteiger partial charge is 0.226 e. The second kappa shape index (κ2) is 7.09. The molecule has 6 rings (SSSR count). The van der Waals surface area contributed by atoms with E-state index < -0.39 is 5.60 Å². The summed E-state index contributed by atoms with van der Waals surface area (Å²) in [6.07, 6.45) is 9.34. The van der Waals surface area contributed by atoms with E-state index in [0.717, 1.165) is 44.2 Å². The number of hydrogen-bond donors (Lipinski definition) is 2. The number of rotatable bonds is 6. The zero-order valence-electron chi connectivity index (χ0n) is 17.9. The Balaban J connectivity index is 1.23. The van der Waals surface area contributed by atoms with Gasteiger partial charge in [0, 0.05) is 13.1 Å². The summed E-state index contributed by atoms with van der Waals surface area (Å²) in [7, 11) is 0. The summed E-state index contributed by atoms with van der Waals surface area (Å²) in [5.74, 6) is 0.700. The zero-order valence-corrected chi connectivity index (χ0v) is 17.9. The van der Waals surface area contributed by atoms with E-state index in [-0.39, 0.29) is 16.7 Å². The van der Waals surface area contributed by atoms with Crippen molar-refractivity contribution in [2.24, 2.45) is 16.7 Å². The van der Waals surface area contributed by atoms with E-state index in [1.807, 2.05) is 0 Å². The van der Waals surface area contributed by atoms with Crippen molar-refractivity contribution in [3.05, 3.63) is 35.4 Å². The summed E-state index contributed by atoms with van der Waals surface area (Å²) < 4.78 is 0. The molecule has 4 heteroatoms. The van der Waals surface area contributed by atoms with Gasteiger partial charge in [-0.1, -0.05) is 37.6 Å². The number of amides is 1. The number of carbonyl (C=O) groups is 1. The lowest BCUT2D eigenvalue weighted by Crippen LogP contribution is -2.63. The molecule has 1 aromatic carbocycles. The van der Waals surface area contributed by atoms with Gasteiger partial charge in [0.1, 0.15) is 0 Å². The highest BCUT2D eigenvalue weighted by atomic mass is 16.3. The highest BCUT2D eigenvalue weighted by Crippen LogP contribution is 2.67. The van der Waals surface area contributed by atoms with Gasteiger partial charge in [0.15, 0.2) is 0 Å². The molecule has 5 fully saturated rings. The lowest BCUT2D eigenvalue weighted by atomic mass is 9.42. The van der Waals surface area contributed by atoms with Gasteiger partial charge in [0.05, 0.1) is 11.0 Å². The first kappa shape index (κ1) is 19.6. The Morgan fingerprint density at radius 1 is 1.07 bits per heavy atom. The molecule has 29 heavy (non-hydrogen) atoms. The molecule has 4 atom stereocenters. The van der Waals surface area contributed by atoms with Crippen LogP contribution in [0.2, 0.25) is 0 Å². The van der Waals surface area contributed by atoms with Crippen molar-refractivity contribution in [1.82, 2.24) is 10.2 Å². The Morgan fingerprint density at radius 2 is 1.79 bits per heavy atom. The van der Waals surface area contributed by atoms with Crippen molar-refractivity contribution in [2.45, 2.75) is 83.4 Å². The minimum absolute atomic E-state index is 0.180. The Kier molecular flexibility index (Phi) is 4.78. The van der Waals surface area contributed by atoms with Crippen LogP contribution >= 0.6 is 0 Å². The van der Waals surface area contributed by atoms with Crippen LogP contribution < -0.4 is 5.32 Å². The van der Waals surface area contributed by atoms with E-state index >= 15 is 0 Å². The van der Waals surface area contributed by atoms with Crippen LogP contribution in [0.3, 0.4) is 0 Å². The Hall–Kier alpha value is -1.39. The average Bonchev–Trinajstić information content (AvgIpc) is 3.18. The van der Waals surface area contributed by atoms with Crippen molar-refractivity contribution >= 4 is 5.91 Å². The van der Waals surface area contributed by atoms with Gasteiger partial charge < -0.3 is 10.4 Å². The van der Waals surface area contributed by atoms with Gasteiger partial charge in [-0.3, -0.25) is 9.69 Å². The minimum Gasteiger partial charge on any atom is -0.390 e. The summed E-state index contributed by atoms with van der Waals surface area (Å²) in [6, 6.07) is 8.73.